The molecule has 0 spiro atoms. The molecule has 1 atom stereocenters. The minimum atomic E-state index is -0.00233. The van der Waals surface area contributed by atoms with Gasteiger partial charge in [0.15, 0.2) is 5.78 Å². The number of carbonyl (C=O) groups is 2. The van der Waals surface area contributed by atoms with Crippen LogP contribution in [0.1, 0.15) is 44.5 Å². The van der Waals surface area contributed by atoms with Gasteiger partial charge in [-0.2, -0.15) is 0 Å². The van der Waals surface area contributed by atoms with E-state index in [0.29, 0.717) is 11.5 Å². The van der Waals surface area contributed by atoms with E-state index in [0.717, 1.165) is 12.1 Å². The van der Waals surface area contributed by atoms with Gasteiger partial charge >= 0.3 is 0 Å². The van der Waals surface area contributed by atoms with Crippen molar-refractivity contribution in [2.24, 2.45) is 11.8 Å². The van der Waals surface area contributed by atoms with Gasteiger partial charge in [0.2, 0.25) is 5.91 Å². The molecular weight excluding hydrogens is 226 g/mol. The van der Waals surface area contributed by atoms with Gasteiger partial charge < -0.3 is 5.32 Å². The van der Waals surface area contributed by atoms with Crippen molar-refractivity contribution in [2.45, 2.75) is 34.1 Å². The Balaban J connectivity index is 2.62. The van der Waals surface area contributed by atoms with Crippen LogP contribution in [0.4, 0.5) is 5.69 Å². The van der Waals surface area contributed by atoms with Crippen LogP contribution in [0, 0.1) is 11.8 Å². The summed E-state index contributed by atoms with van der Waals surface area (Å²) in [6, 6.07) is 6.98. The number of Topliss-reactive ketones (excluding diaryl/α,β-unsaturated/α-hetero) is 1. The van der Waals surface area contributed by atoms with E-state index in [9.17, 15) is 9.59 Å². The Bertz CT molecular complexity index is 421. The van der Waals surface area contributed by atoms with Crippen molar-refractivity contribution >= 4 is 17.4 Å². The van der Waals surface area contributed by atoms with Crippen LogP contribution in [-0.2, 0) is 4.79 Å². The van der Waals surface area contributed by atoms with E-state index >= 15 is 0 Å². The van der Waals surface area contributed by atoms with Crippen LogP contribution in [0.2, 0.25) is 0 Å². The molecule has 1 rings (SSSR count). The van der Waals surface area contributed by atoms with Gasteiger partial charge in [-0.25, -0.2) is 0 Å². The summed E-state index contributed by atoms with van der Waals surface area (Å²) in [5, 5.41) is 2.86. The van der Waals surface area contributed by atoms with E-state index in [1.807, 2.05) is 6.92 Å². The van der Waals surface area contributed by atoms with E-state index in [1.54, 1.807) is 24.3 Å². The number of ketones is 1. The highest BCUT2D eigenvalue weighted by molar-refractivity contribution is 5.96. The fraction of sp³-hybridized carbons (Fsp3) is 0.467. The normalized spacial score (nSPS) is 12.3. The standard InChI is InChI=1S/C15H21NO2/c1-10(2)9-11(3)15(18)16-14-7-5-13(6-8-14)12(4)17/h5-8,10-11H,9H2,1-4H3,(H,16,18). The van der Waals surface area contributed by atoms with Crippen molar-refractivity contribution in [3.63, 3.8) is 0 Å². The highest BCUT2D eigenvalue weighted by Gasteiger charge is 2.14. The molecule has 1 amide bonds. The predicted octanol–water partition coefficient (Wildman–Crippen LogP) is 3.51. The molecule has 1 aromatic carbocycles. The summed E-state index contributed by atoms with van der Waals surface area (Å²) >= 11 is 0. The summed E-state index contributed by atoms with van der Waals surface area (Å²) in [5.41, 5.74) is 1.39. The maximum Gasteiger partial charge on any atom is 0.227 e. The first kappa shape index (κ1) is 14.4. The van der Waals surface area contributed by atoms with Gasteiger partial charge in [0.05, 0.1) is 0 Å². The molecule has 0 heterocycles. The molecule has 0 aromatic heterocycles. The lowest BCUT2D eigenvalue weighted by atomic mass is 9.98. The minimum Gasteiger partial charge on any atom is -0.326 e. The van der Waals surface area contributed by atoms with E-state index < -0.39 is 0 Å². The third-order valence-corrected chi connectivity index (χ3v) is 2.83. The molecule has 3 heteroatoms. The van der Waals surface area contributed by atoms with Gasteiger partial charge in [-0.3, -0.25) is 9.59 Å². The van der Waals surface area contributed by atoms with Crippen LogP contribution >= 0.6 is 0 Å². The van der Waals surface area contributed by atoms with Crippen LogP contribution in [0.3, 0.4) is 0 Å². The maximum atomic E-state index is 11.9. The number of rotatable bonds is 5. The summed E-state index contributed by atoms with van der Waals surface area (Å²) in [4.78, 5) is 23.0. The van der Waals surface area contributed by atoms with Crippen LogP contribution in [-0.4, -0.2) is 11.7 Å². The van der Waals surface area contributed by atoms with E-state index in [4.69, 9.17) is 0 Å². The number of hydrogen-bond donors (Lipinski definition) is 1. The summed E-state index contributed by atoms with van der Waals surface area (Å²) < 4.78 is 0. The molecule has 18 heavy (non-hydrogen) atoms. The number of amides is 1. The third kappa shape index (κ3) is 4.32. The second kappa shape index (κ2) is 6.34. The van der Waals surface area contributed by atoms with Gasteiger partial charge in [0, 0.05) is 17.2 Å². The topological polar surface area (TPSA) is 46.2 Å². The van der Waals surface area contributed by atoms with E-state index in [1.165, 1.54) is 6.92 Å². The maximum absolute atomic E-state index is 11.9. The minimum absolute atomic E-state index is 0.00233. The average Bonchev–Trinajstić information content (AvgIpc) is 2.28. The molecule has 1 unspecified atom stereocenters. The van der Waals surface area contributed by atoms with Crippen molar-refractivity contribution in [3.8, 4) is 0 Å². The highest BCUT2D eigenvalue weighted by Crippen LogP contribution is 2.15. The molecule has 0 saturated heterocycles. The molecule has 1 N–H and O–H groups in total. The van der Waals surface area contributed by atoms with Crippen LogP contribution in [0.15, 0.2) is 24.3 Å². The smallest absolute Gasteiger partial charge is 0.227 e. The zero-order valence-electron chi connectivity index (χ0n) is 11.5. The molecule has 0 fully saturated rings. The van der Waals surface area contributed by atoms with Crippen LogP contribution < -0.4 is 5.32 Å². The number of nitrogens with one attached hydrogen (secondary N) is 1. The predicted molar refractivity (Wildman–Crippen MR) is 73.7 cm³/mol. The van der Waals surface area contributed by atoms with Gasteiger partial charge in [-0.15, -0.1) is 0 Å². The number of hydrogen-bond acceptors (Lipinski definition) is 2. The molecule has 0 aliphatic carbocycles. The number of anilines is 1. The Kier molecular flexibility index (Phi) is 5.08. The Hall–Kier alpha value is -1.64. The van der Waals surface area contributed by atoms with Crippen LogP contribution in [0.25, 0.3) is 0 Å². The second-order valence-electron chi connectivity index (χ2n) is 5.15. The first-order chi connectivity index (χ1) is 8.40. The Morgan fingerprint density at radius 2 is 1.67 bits per heavy atom. The molecular formula is C15H21NO2. The summed E-state index contributed by atoms with van der Waals surface area (Å²) in [6.45, 7) is 7.66. The zero-order chi connectivity index (χ0) is 13.7. The van der Waals surface area contributed by atoms with Crippen molar-refractivity contribution in [2.75, 3.05) is 5.32 Å². The Morgan fingerprint density at radius 3 is 2.11 bits per heavy atom. The lowest BCUT2D eigenvalue weighted by molar-refractivity contribution is -0.119. The summed E-state index contributed by atoms with van der Waals surface area (Å²) in [7, 11) is 0. The van der Waals surface area contributed by atoms with Crippen molar-refractivity contribution in [3.05, 3.63) is 29.8 Å². The molecule has 0 aliphatic rings. The van der Waals surface area contributed by atoms with Crippen molar-refractivity contribution in [1.82, 2.24) is 0 Å². The van der Waals surface area contributed by atoms with Gasteiger partial charge in [0.1, 0.15) is 0 Å². The molecule has 1 aromatic rings. The Morgan fingerprint density at radius 1 is 1.11 bits per heavy atom. The Labute approximate surface area is 109 Å². The molecule has 3 nitrogen and oxygen atoms in total. The first-order valence-electron chi connectivity index (χ1n) is 6.32. The summed E-state index contributed by atoms with van der Waals surface area (Å²) in [6.07, 6.45) is 0.872. The summed E-state index contributed by atoms with van der Waals surface area (Å²) in [5.74, 6) is 0.559. The second-order valence-corrected chi connectivity index (χ2v) is 5.15. The van der Waals surface area contributed by atoms with Gasteiger partial charge in [-0.1, -0.05) is 20.8 Å². The average molecular weight is 247 g/mol. The lowest BCUT2D eigenvalue weighted by Gasteiger charge is -2.14. The molecule has 0 saturated carbocycles. The zero-order valence-corrected chi connectivity index (χ0v) is 11.5. The van der Waals surface area contributed by atoms with Crippen molar-refractivity contribution < 1.29 is 9.59 Å². The van der Waals surface area contributed by atoms with Gasteiger partial charge in [-0.05, 0) is 43.5 Å². The molecule has 0 bridgehead atoms. The fourth-order valence-electron chi connectivity index (χ4n) is 1.87. The number of benzene rings is 1. The monoisotopic (exact) mass is 247 g/mol. The van der Waals surface area contributed by atoms with E-state index in [-0.39, 0.29) is 17.6 Å². The SMILES string of the molecule is CC(=O)c1ccc(NC(=O)C(C)CC(C)C)cc1. The highest BCUT2D eigenvalue weighted by atomic mass is 16.1. The van der Waals surface area contributed by atoms with E-state index in [2.05, 4.69) is 19.2 Å². The lowest BCUT2D eigenvalue weighted by Crippen LogP contribution is -2.21. The fourth-order valence-corrected chi connectivity index (χ4v) is 1.87. The van der Waals surface area contributed by atoms with Crippen molar-refractivity contribution in [1.29, 1.82) is 0 Å². The molecule has 0 radical (unpaired) electrons. The third-order valence-electron chi connectivity index (χ3n) is 2.83. The van der Waals surface area contributed by atoms with Gasteiger partial charge in [0.25, 0.3) is 0 Å². The molecule has 98 valence electrons. The molecule has 0 aliphatic heterocycles. The quantitative estimate of drug-likeness (QED) is 0.809. The first-order valence-corrected chi connectivity index (χ1v) is 6.32. The largest absolute Gasteiger partial charge is 0.326 e. The number of carbonyl (C=O) groups excluding carboxylic acids is 2. The van der Waals surface area contributed by atoms with Crippen LogP contribution in [0.5, 0.6) is 0 Å².